The SMILES string of the molecule is NC(=O)S.O=C(S)N(CCB(O)O)Cc1ccco1. The number of hydrogen-bond acceptors (Lipinski definition) is 5. The molecule has 19 heavy (non-hydrogen) atoms. The van der Waals surface area contributed by atoms with Crippen molar-refractivity contribution >= 4 is 42.9 Å². The molecular weight excluding hydrogens is 291 g/mol. The lowest BCUT2D eigenvalue weighted by Crippen LogP contribution is -2.29. The Morgan fingerprint density at radius 3 is 2.37 bits per heavy atom. The lowest BCUT2D eigenvalue weighted by Gasteiger charge is -2.18. The fraction of sp³-hybridized carbons (Fsp3) is 0.333. The van der Waals surface area contributed by atoms with Crippen molar-refractivity contribution in [2.45, 2.75) is 12.9 Å². The first-order valence-corrected chi connectivity index (χ1v) is 6.07. The summed E-state index contributed by atoms with van der Waals surface area (Å²) in [7, 11) is -1.42. The zero-order chi connectivity index (χ0) is 14.8. The first-order valence-electron chi connectivity index (χ1n) is 5.17. The molecule has 1 aromatic rings. The van der Waals surface area contributed by atoms with Crippen LogP contribution >= 0.6 is 25.3 Å². The van der Waals surface area contributed by atoms with Gasteiger partial charge in [0.05, 0.1) is 12.8 Å². The first-order chi connectivity index (χ1) is 8.82. The fourth-order valence-corrected chi connectivity index (χ4v) is 1.28. The number of carbonyl (C=O) groups is 2. The topological polar surface area (TPSA) is 117 Å². The van der Waals surface area contributed by atoms with Crippen molar-refractivity contribution < 1.29 is 24.1 Å². The van der Waals surface area contributed by atoms with Crippen molar-refractivity contribution in [1.82, 2.24) is 4.90 Å². The van der Waals surface area contributed by atoms with Crippen molar-refractivity contribution in [3.05, 3.63) is 24.2 Å². The van der Waals surface area contributed by atoms with Crippen LogP contribution in [-0.4, -0.2) is 39.1 Å². The minimum absolute atomic E-state index is 0.0903. The van der Waals surface area contributed by atoms with Gasteiger partial charge in [-0.1, -0.05) is 25.3 Å². The van der Waals surface area contributed by atoms with Crippen molar-refractivity contribution in [2.24, 2.45) is 5.73 Å². The second-order valence-electron chi connectivity index (χ2n) is 3.39. The second-order valence-corrected chi connectivity index (χ2v) is 4.21. The molecule has 0 radical (unpaired) electrons. The highest BCUT2D eigenvalue weighted by Gasteiger charge is 2.15. The van der Waals surface area contributed by atoms with Gasteiger partial charge >= 0.3 is 7.12 Å². The number of furan rings is 1. The molecule has 0 unspecified atom stereocenters. The molecular formula is C9H15BN2O5S2. The standard InChI is InChI=1S/C8H12BNO4S.CH3NOS/c11-8(15)10(4-3-9(12)13)6-7-2-1-5-14-7;2-1(3)4/h1-2,5,12-13H,3-4,6H2,(H,11,15);(H3,2,3,4). The van der Waals surface area contributed by atoms with E-state index in [-0.39, 0.29) is 19.4 Å². The third-order valence-electron chi connectivity index (χ3n) is 1.85. The van der Waals surface area contributed by atoms with Gasteiger partial charge in [0.1, 0.15) is 5.76 Å². The van der Waals surface area contributed by atoms with Gasteiger partial charge in [0.25, 0.3) is 10.5 Å². The minimum Gasteiger partial charge on any atom is -0.467 e. The first kappa shape index (κ1) is 17.9. The molecule has 0 aliphatic rings. The fourth-order valence-electron chi connectivity index (χ4n) is 1.10. The average molecular weight is 306 g/mol. The third-order valence-corrected chi connectivity index (χ3v) is 2.14. The summed E-state index contributed by atoms with van der Waals surface area (Å²) in [5.41, 5.74) is 4.34. The van der Waals surface area contributed by atoms with Gasteiger partial charge in [0.2, 0.25) is 0 Å². The zero-order valence-corrected chi connectivity index (χ0v) is 11.8. The summed E-state index contributed by atoms with van der Waals surface area (Å²) in [6.07, 6.45) is 1.60. The van der Waals surface area contributed by atoms with E-state index in [2.05, 4.69) is 31.0 Å². The van der Waals surface area contributed by atoms with Crippen LogP contribution in [-0.2, 0) is 6.54 Å². The molecule has 0 aliphatic carbocycles. The summed E-state index contributed by atoms with van der Waals surface area (Å²) in [6, 6.07) is 3.45. The second kappa shape index (κ2) is 9.79. The Hall–Kier alpha value is -1.10. The molecule has 0 fully saturated rings. The predicted octanol–water partition coefficient (Wildman–Crippen LogP) is 0.599. The van der Waals surface area contributed by atoms with E-state index >= 15 is 0 Å². The molecule has 4 N–H and O–H groups in total. The zero-order valence-electron chi connectivity index (χ0n) is 9.97. The summed E-state index contributed by atoms with van der Waals surface area (Å²) in [4.78, 5) is 21.5. The molecule has 10 heteroatoms. The van der Waals surface area contributed by atoms with Crippen molar-refractivity contribution in [3.8, 4) is 0 Å². The number of carbonyl (C=O) groups excluding carboxylic acids is 2. The Morgan fingerprint density at radius 1 is 1.42 bits per heavy atom. The van der Waals surface area contributed by atoms with Gasteiger partial charge in [0.15, 0.2) is 0 Å². The van der Waals surface area contributed by atoms with Crippen LogP contribution < -0.4 is 5.73 Å². The smallest absolute Gasteiger partial charge is 0.453 e. The molecule has 2 amide bonds. The Balaban J connectivity index is 0.000000711. The number of nitrogens with two attached hydrogens (primary N) is 1. The Labute approximate surface area is 121 Å². The number of nitrogens with zero attached hydrogens (tertiary/aromatic N) is 1. The largest absolute Gasteiger partial charge is 0.467 e. The van der Waals surface area contributed by atoms with Crippen LogP contribution in [0.3, 0.4) is 0 Å². The molecule has 0 bridgehead atoms. The van der Waals surface area contributed by atoms with Gasteiger partial charge in [-0.25, -0.2) is 0 Å². The highest BCUT2D eigenvalue weighted by Crippen LogP contribution is 2.08. The van der Waals surface area contributed by atoms with Crippen molar-refractivity contribution in [1.29, 1.82) is 0 Å². The quantitative estimate of drug-likeness (QED) is 0.403. The summed E-state index contributed by atoms with van der Waals surface area (Å²) >= 11 is 6.79. The molecule has 1 rings (SSSR count). The molecule has 106 valence electrons. The van der Waals surface area contributed by atoms with E-state index in [0.29, 0.717) is 5.76 Å². The highest BCUT2D eigenvalue weighted by atomic mass is 32.1. The van der Waals surface area contributed by atoms with Crippen LogP contribution in [0.15, 0.2) is 22.8 Å². The molecule has 1 aromatic heterocycles. The normalized spacial score (nSPS) is 9.26. The average Bonchev–Trinajstić information content (AvgIpc) is 2.75. The highest BCUT2D eigenvalue weighted by molar-refractivity contribution is 7.96. The van der Waals surface area contributed by atoms with Crippen LogP contribution in [0.25, 0.3) is 0 Å². The van der Waals surface area contributed by atoms with E-state index in [1.165, 1.54) is 11.2 Å². The van der Waals surface area contributed by atoms with Crippen LogP contribution in [0.2, 0.25) is 6.32 Å². The van der Waals surface area contributed by atoms with Crippen LogP contribution in [0, 0.1) is 0 Å². The van der Waals surface area contributed by atoms with E-state index in [0.717, 1.165) is 0 Å². The van der Waals surface area contributed by atoms with Gasteiger partial charge in [0, 0.05) is 6.54 Å². The maximum atomic E-state index is 11.1. The molecule has 0 saturated heterocycles. The van der Waals surface area contributed by atoms with Crippen LogP contribution in [0.5, 0.6) is 0 Å². The molecule has 0 spiro atoms. The molecule has 1 heterocycles. The number of amides is 2. The maximum absolute atomic E-state index is 11.1. The van der Waals surface area contributed by atoms with Gasteiger partial charge in [-0.05, 0) is 18.5 Å². The maximum Gasteiger partial charge on any atom is 0.453 e. The number of thiol groups is 2. The van der Waals surface area contributed by atoms with Crippen molar-refractivity contribution in [2.75, 3.05) is 6.54 Å². The van der Waals surface area contributed by atoms with E-state index < -0.39 is 17.6 Å². The van der Waals surface area contributed by atoms with E-state index in [1.807, 2.05) is 0 Å². The monoisotopic (exact) mass is 306 g/mol. The molecule has 7 nitrogen and oxygen atoms in total. The van der Waals surface area contributed by atoms with Gasteiger partial charge < -0.3 is 25.1 Å². The number of primary amides is 1. The Morgan fingerprint density at radius 2 is 2.00 bits per heavy atom. The Bertz CT molecular complexity index is 384. The summed E-state index contributed by atoms with van der Waals surface area (Å²) in [6.45, 7) is 0.503. The lowest BCUT2D eigenvalue weighted by molar-refractivity contribution is 0.217. The van der Waals surface area contributed by atoms with Gasteiger partial charge in [-0.3, -0.25) is 9.59 Å². The number of hydrogen-bond donors (Lipinski definition) is 5. The van der Waals surface area contributed by atoms with E-state index in [4.69, 9.17) is 19.3 Å². The number of rotatable bonds is 5. The summed E-state index contributed by atoms with van der Waals surface area (Å²) in [5, 5.41) is 16.3. The van der Waals surface area contributed by atoms with Gasteiger partial charge in [-0.15, -0.1) is 0 Å². The Kier molecular flexibility index (Phi) is 9.22. The predicted molar refractivity (Wildman–Crippen MR) is 77.1 cm³/mol. The summed E-state index contributed by atoms with van der Waals surface area (Å²) < 4.78 is 5.07. The van der Waals surface area contributed by atoms with Gasteiger partial charge in [-0.2, -0.15) is 0 Å². The minimum atomic E-state index is -1.42. The third kappa shape index (κ3) is 10.5. The van der Waals surface area contributed by atoms with Crippen LogP contribution in [0.4, 0.5) is 9.59 Å². The molecule has 0 atom stereocenters. The summed E-state index contributed by atoms with van der Waals surface area (Å²) in [5.74, 6) is 0.629. The van der Waals surface area contributed by atoms with Crippen LogP contribution in [0.1, 0.15) is 5.76 Å². The lowest BCUT2D eigenvalue weighted by atomic mass is 9.86. The van der Waals surface area contributed by atoms with E-state index in [9.17, 15) is 4.79 Å². The molecule has 0 saturated carbocycles. The van der Waals surface area contributed by atoms with E-state index in [1.54, 1.807) is 12.1 Å². The molecule has 0 aromatic carbocycles. The molecule has 0 aliphatic heterocycles. The van der Waals surface area contributed by atoms with Crippen molar-refractivity contribution in [3.63, 3.8) is 0 Å².